The Morgan fingerprint density at radius 1 is 1.07 bits per heavy atom. The van der Waals surface area contributed by atoms with Crippen LogP contribution in [0.3, 0.4) is 0 Å². The van der Waals surface area contributed by atoms with Crippen molar-refractivity contribution in [1.29, 1.82) is 0 Å². The summed E-state index contributed by atoms with van der Waals surface area (Å²) in [6, 6.07) is 0. The molecule has 0 saturated heterocycles. The van der Waals surface area contributed by atoms with E-state index in [2.05, 4.69) is 20.4 Å². The molecule has 2 nitrogen and oxygen atoms in total. The Morgan fingerprint density at radius 3 is 1.71 bits per heavy atom. The van der Waals surface area contributed by atoms with Crippen molar-refractivity contribution in [2.24, 2.45) is 0 Å². The summed E-state index contributed by atoms with van der Waals surface area (Å²) in [6.45, 7) is 11.4. The zero-order valence-electron chi connectivity index (χ0n) is 10.1. The van der Waals surface area contributed by atoms with Crippen LogP contribution in [0.1, 0.15) is 46.5 Å². The van der Waals surface area contributed by atoms with Crippen LogP contribution in [-0.2, 0) is 8.85 Å². The van der Waals surface area contributed by atoms with E-state index in [1.807, 2.05) is 6.92 Å². The van der Waals surface area contributed by atoms with Crippen LogP contribution >= 0.6 is 0 Å². The lowest BCUT2D eigenvalue weighted by Crippen LogP contribution is -2.06. The molecule has 0 heterocycles. The van der Waals surface area contributed by atoms with Crippen LogP contribution in [0.15, 0.2) is 12.7 Å². The van der Waals surface area contributed by atoms with E-state index in [1.165, 1.54) is 25.7 Å². The summed E-state index contributed by atoms with van der Waals surface area (Å²) < 4.78 is 10.7. The van der Waals surface area contributed by atoms with Crippen molar-refractivity contribution in [2.75, 3.05) is 13.2 Å². The van der Waals surface area contributed by atoms with Gasteiger partial charge < -0.3 is 8.85 Å². The highest BCUT2D eigenvalue weighted by atomic mass is 28.3. The van der Waals surface area contributed by atoms with Gasteiger partial charge in [-0.1, -0.05) is 32.8 Å². The van der Waals surface area contributed by atoms with Crippen LogP contribution in [0.25, 0.3) is 0 Å². The molecule has 0 fully saturated rings. The first-order valence-corrected chi connectivity index (χ1v) is 6.71. The summed E-state index contributed by atoms with van der Waals surface area (Å²) in [4.78, 5) is 0. The minimum absolute atomic E-state index is 0.629. The molecule has 0 aliphatic rings. The topological polar surface area (TPSA) is 18.5 Å². The standard InChI is InChI=1S/C8H20O2Si.C3H6/c1-3-5-7-9-11-10-8-6-4-2;1-3-2/h3-8,11H2,1-2H3;3H,1H2,2H3. The lowest BCUT2D eigenvalue weighted by Gasteiger charge is -2.03. The van der Waals surface area contributed by atoms with Crippen molar-refractivity contribution in [2.45, 2.75) is 46.5 Å². The van der Waals surface area contributed by atoms with Crippen molar-refractivity contribution in [3.8, 4) is 0 Å². The molecule has 0 amide bonds. The Kier molecular flexibility index (Phi) is 21.7. The van der Waals surface area contributed by atoms with Gasteiger partial charge in [0.15, 0.2) is 0 Å². The van der Waals surface area contributed by atoms with E-state index in [0.29, 0.717) is 0 Å². The smallest absolute Gasteiger partial charge is 0.304 e. The Balaban J connectivity index is 0. The van der Waals surface area contributed by atoms with Gasteiger partial charge in [0.05, 0.1) is 0 Å². The second-order valence-corrected chi connectivity index (χ2v) is 4.10. The molecule has 14 heavy (non-hydrogen) atoms. The molecule has 0 saturated carbocycles. The average Bonchev–Trinajstić information content (AvgIpc) is 2.18. The molecule has 0 radical (unpaired) electrons. The van der Waals surface area contributed by atoms with Crippen LogP contribution in [0.5, 0.6) is 0 Å². The third kappa shape index (κ3) is 22.6. The van der Waals surface area contributed by atoms with E-state index < -0.39 is 10.0 Å². The Bertz CT molecular complexity index is 89.3. The lowest BCUT2D eigenvalue weighted by molar-refractivity contribution is 0.216. The molecule has 0 rings (SSSR count). The highest BCUT2D eigenvalue weighted by Gasteiger charge is 1.88. The van der Waals surface area contributed by atoms with Crippen molar-refractivity contribution in [3.63, 3.8) is 0 Å². The molecule has 86 valence electrons. The quantitative estimate of drug-likeness (QED) is 0.354. The second kappa shape index (κ2) is 18.6. The van der Waals surface area contributed by atoms with Crippen LogP contribution in [0, 0.1) is 0 Å². The molecule has 0 aromatic carbocycles. The maximum absolute atomic E-state index is 5.34. The number of hydrogen-bond acceptors (Lipinski definition) is 2. The molecule has 0 aliphatic carbocycles. The van der Waals surface area contributed by atoms with Gasteiger partial charge in [-0.15, -0.1) is 6.58 Å². The van der Waals surface area contributed by atoms with Gasteiger partial charge in [0.1, 0.15) is 0 Å². The fourth-order valence-corrected chi connectivity index (χ4v) is 1.43. The first-order chi connectivity index (χ1) is 6.83. The van der Waals surface area contributed by atoms with E-state index in [0.717, 1.165) is 13.2 Å². The van der Waals surface area contributed by atoms with E-state index in [-0.39, 0.29) is 0 Å². The third-order valence-corrected chi connectivity index (χ3v) is 2.36. The van der Waals surface area contributed by atoms with Crippen LogP contribution in [-0.4, -0.2) is 23.2 Å². The SMILES string of the molecule is C=CC.CCCCO[SiH2]OCCCC. The molecule has 0 bridgehead atoms. The van der Waals surface area contributed by atoms with Crippen LogP contribution in [0.4, 0.5) is 0 Å². The van der Waals surface area contributed by atoms with Gasteiger partial charge in [0.25, 0.3) is 0 Å². The minimum atomic E-state index is -0.629. The van der Waals surface area contributed by atoms with Crippen LogP contribution in [0.2, 0.25) is 0 Å². The number of allylic oxidation sites excluding steroid dienone is 1. The molecular formula is C11H26O2Si. The zero-order chi connectivity index (χ0) is 11.1. The normalized spacial score (nSPS) is 9.07. The largest absolute Gasteiger partial charge is 0.399 e. The summed E-state index contributed by atoms with van der Waals surface area (Å²) in [5.41, 5.74) is 0. The number of rotatable bonds is 8. The van der Waals surface area contributed by atoms with E-state index in [1.54, 1.807) is 6.08 Å². The molecule has 0 unspecified atom stereocenters. The predicted octanol–water partition coefficient (Wildman–Crippen LogP) is 2.81. The maximum atomic E-state index is 5.34. The van der Waals surface area contributed by atoms with Gasteiger partial charge in [-0.2, -0.15) is 0 Å². The average molecular weight is 218 g/mol. The monoisotopic (exact) mass is 218 g/mol. The van der Waals surface area contributed by atoms with Crippen molar-refractivity contribution >= 4 is 10.0 Å². The Labute approximate surface area is 91.8 Å². The van der Waals surface area contributed by atoms with Gasteiger partial charge in [-0.3, -0.25) is 0 Å². The fraction of sp³-hybridized carbons (Fsp3) is 0.818. The van der Waals surface area contributed by atoms with E-state index in [9.17, 15) is 0 Å². The molecule has 3 heteroatoms. The molecule has 0 aromatic heterocycles. The van der Waals surface area contributed by atoms with Crippen molar-refractivity contribution < 1.29 is 8.85 Å². The Morgan fingerprint density at radius 2 is 1.43 bits per heavy atom. The summed E-state index contributed by atoms with van der Waals surface area (Å²) in [7, 11) is -0.629. The minimum Gasteiger partial charge on any atom is -0.399 e. The first kappa shape index (κ1) is 16.3. The third-order valence-electron chi connectivity index (χ3n) is 1.45. The molecule has 0 N–H and O–H groups in total. The molecule has 0 atom stereocenters. The van der Waals surface area contributed by atoms with Gasteiger partial charge in [-0.05, 0) is 19.8 Å². The summed E-state index contributed by atoms with van der Waals surface area (Å²) in [6.07, 6.45) is 6.51. The second-order valence-electron chi connectivity index (χ2n) is 3.05. The lowest BCUT2D eigenvalue weighted by atomic mass is 10.4. The molecular weight excluding hydrogens is 192 g/mol. The molecule has 0 aliphatic heterocycles. The Hall–Kier alpha value is -0.123. The van der Waals surface area contributed by atoms with Gasteiger partial charge in [0, 0.05) is 13.2 Å². The number of unbranched alkanes of at least 4 members (excludes halogenated alkanes) is 2. The molecule has 0 aromatic rings. The van der Waals surface area contributed by atoms with Gasteiger partial charge >= 0.3 is 10.0 Å². The zero-order valence-corrected chi connectivity index (χ0v) is 11.5. The van der Waals surface area contributed by atoms with E-state index >= 15 is 0 Å². The fourth-order valence-electron chi connectivity index (χ4n) is 0.670. The maximum Gasteiger partial charge on any atom is 0.304 e. The van der Waals surface area contributed by atoms with E-state index in [4.69, 9.17) is 8.85 Å². The number of hydrogen-bond donors (Lipinski definition) is 0. The molecule has 0 spiro atoms. The first-order valence-electron chi connectivity index (χ1n) is 5.55. The summed E-state index contributed by atoms with van der Waals surface area (Å²) in [5, 5.41) is 0. The van der Waals surface area contributed by atoms with Gasteiger partial charge in [0.2, 0.25) is 0 Å². The van der Waals surface area contributed by atoms with Gasteiger partial charge in [-0.25, -0.2) is 0 Å². The highest BCUT2D eigenvalue weighted by Crippen LogP contribution is 1.89. The summed E-state index contributed by atoms with van der Waals surface area (Å²) >= 11 is 0. The van der Waals surface area contributed by atoms with Crippen molar-refractivity contribution in [1.82, 2.24) is 0 Å². The highest BCUT2D eigenvalue weighted by molar-refractivity contribution is 6.17. The predicted molar refractivity (Wildman–Crippen MR) is 66.1 cm³/mol. The van der Waals surface area contributed by atoms with Crippen molar-refractivity contribution in [3.05, 3.63) is 12.7 Å². The summed E-state index contributed by atoms with van der Waals surface area (Å²) in [5.74, 6) is 0. The van der Waals surface area contributed by atoms with Crippen LogP contribution < -0.4 is 0 Å².